The van der Waals surface area contributed by atoms with E-state index in [2.05, 4.69) is 9.88 Å². The molecule has 20 heavy (non-hydrogen) atoms. The van der Waals surface area contributed by atoms with Crippen LogP contribution < -0.4 is 4.74 Å². The zero-order chi connectivity index (χ0) is 14.8. The Kier molecular flexibility index (Phi) is 7.55. The summed E-state index contributed by atoms with van der Waals surface area (Å²) in [6.07, 6.45) is 6.73. The molecule has 1 N–H and O–H groups in total. The Balaban J connectivity index is 0.000000182. The van der Waals surface area contributed by atoms with Crippen molar-refractivity contribution in [3.8, 4) is 5.88 Å². The maximum absolute atomic E-state index is 9.19. The van der Waals surface area contributed by atoms with E-state index in [0.717, 1.165) is 0 Å². The Morgan fingerprint density at radius 2 is 1.90 bits per heavy atom. The van der Waals surface area contributed by atoms with Crippen LogP contribution in [0.25, 0.3) is 0 Å². The molecular weight excluding hydrogens is 252 g/mol. The second-order valence-electron chi connectivity index (χ2n) is 4.95. The standard InChI is InChI=1S/C8H15NO.C6H7NO.C2H6/c10-7-8-3-1-5-9(8)6-2-4-8;1-8-6-4-2-3-5-7-6;1-2/h10H,1-7H2;2-5H,1H3;1-2H3. The third-order valence-corrected chi connectivity index (χ3v) is 3.95. The zero-order valence-corrected chi connectivity index (χ0v) is 13.0. The highest BCUT2D eigenvalue weighted by Gasteiger charge is 2.43. The Bertz CT molecular complexity index is 347. The van der Waals surface area contributed by atoms with E-state index < -0.39 is 0 Å². The first-order chi connectivity index (χ1) is 9.80. The molecule has 1 aromatic heterocycles. The van der Waals surface area contributed by atoms with Gasteiger partial charge in [0.1, 0.15) is 0 Å². The van der Waals surface area contributed by atoms with Crippen molar-refractivity contribution >= 4 is 0 Å². The maximum Gasteiger partial charge on any atom is 0.212 e. The summed E-state index contributed by atoms with van der Waals surface area (Å²) >= 11 is 0. The second-order valence-corrected chi connectivity index (χ2v) is 4.95. The predicted molar refractivity (Wildman–Crippen MR) is 82.0 cm³/mol. The van der Waals surface area contributed by atoms with Gasteiger partial charge in [-0.2, -0.15) is 0 Å². The molecule has 2 saturated heterocycles. The summed E-state index contributed by atoms with van der Waals surface area (Å²) in [4.78, 5) is 6.34. The van der Waals surface area contributed by atoms with Gasteiger partial charge in [0, 0.05) is 17.8 Å². The number of fused-ring (bicyclic) bond motifs is 1. The molecule has 0 saturated carbocycles. The van der Waals surface area contributed by atoms with Crippen molar-refractivity contribution in [1.82, 2.24) is 9.88 Å². The molecule has 0 amide bonds. The first kappa shape index (κ1) is 16.9. The number of ether oxygens (including phenoxy) is 1. The third kappa shape index (κ3) is 4.18. The molecule has 0 bridgehead atoms. The molecule has 1 aromatic rings. The minimum atomic E-state index is 0.236. The van der Waals surface area contributed by atoms with Crippen molar-refractivity contribution in [1.29, 1.82) is 0 Å². The number of pyridine rings is 1. The van der Waals surface area contributed by atoms with E-state index in [0.29, 0.717) is 12.5 Å². The van der Waals surface area contributed by atoms with Crippen LogP contribution in [0.2, 0.25) is 0 Å². The number of nitrogens with zero attached hydrogens (tertiary/aromatic N) is 2. The summed E-state index contributed by atoms with van der Waals surface area (Å²) in [5.41, 5.74) is 0.236. The number of aromatic nitrogens is 1. The van der Waals surface area contributed by atoms with Crippen LogP contribution in [-0.2, 0) is 0 Å². The molecule has 2 aliphatic rings. The van der Waals surface area contributed by atoms with Crippen molar-refractivity contribution in [2.75, 3.05) is 26.8 Å². The summed E-state index contributed by atoms with van der Waals surface area (Å²) in [7, 11) is 1.60. The van der Waals surface area contributed by atoms with E-state index in [1.807, 2.05) is 26.0 Å². The molecule has 114 valence electrons. The van der Waals surface area contributed by atoms with Gasteiger partial charge in [-0.3, -0.25) is 4.90 Å². The van der Waals surface area contributed by atoms with E-state index in [1.54, 1.807) is 19.4 Å². The zero-order valence-electron chi connectivity index (χ0n) is 13.0. The fourth-order valence-corrected chi connectivity index (χ4v) is 2.95. The smallest absolute Gasteiger partial charge is 0.212 e. The van der Waals surface area contributed by atoms with E-state index in [-0.39, 0.29) is 5.54 Å². The number of hydrogen-bond acceptors (Lipinski definition) is 4. The molecule has 3 heterocycles. The lowest BCUT2D eigenvalue weighted by Gasteiger charge is -2.29. The summed E-state index contributed by atoms with van der Waals surface area (Å²) < 4.78 is 4.80. The average molecular weight is 280 g/mol. The molecule has 3 rings (SSSR count). The van der Waals surface area contributed by atoms with Gasteiger partial charge >= 0.3 is 0 Å². The number of rotatable bonds is 2. The summed E-state index contributed by atoms with van der Waals surface area (Å²) in [5.74, 6) is 0.660. The second kappa shape index (κ2) is 8.93. The van der Waals surface area contributed by atoms with Crippen LogP contribution in [0.1, 0.15) is 39.5 Å². The normalized spacial score (nSPS) is 19.2. The van der Waals surface area contributed by atoms with Crippen LogP contribution in [0.15, 0.2) is 24.4 Å². The molecule has 0 spiro atoms. The minimum Gasteiger partial charge on any atom is -0.481 e. The van der Waals surface area contributed by atoms with Gasteiger partial charge in [0.25, 0.3) is 0 Å². The molecule has 0 aromatic carbocycles. The lowest BCUT2D eigenvalue weighted by molar-refractivity contribution is 0.0999. The minimum absolute atomic E-state index is 0.236. The number of methoxy groups -OCH3 is 1. The molecule has 0 aliphatic carbocycles. The molecule has 2 aliphatic heterocycles. The van der Waals surface area contributed by atoms with Crippen LogP contribution >= 0.6 is 0 Å². The SMILES string of the molecule is CC.COc1ccccn1.OCC12CCCN1CCC2. The van der Waals surface area contributed by atoms with Gasteiger partial charge in [0.2, 0.25) is 5.88 Å². The first-order valence-corrected chi connectivity index (χ1v) is 7.62. The van der Waals surface area contributed by atoms with Crippen LogP contribution in [-0.4, -0.2) is 47.3 Å². The van der Waals surface area contributed by atoms with Gasteiger partial charge in [-0.25, -0.2) is 4.98 Å². The maximum atomic E-state index is 9.19. The average Bonchev–Trinajstić information content (AvgIpc) is 3.11. The van der Waals surface area contributed by atoms with Crippen molar-refractivity contribution in [2.45, 2.75) is 45.1 Å². The van der Waals surface area contributed by atoms with Gasteiger partial charge in [-0.05, 0) is 44.8 Å². The summed E-state index contributed by atoms with van der Waals surface area (Å²) in [6, 6.07) is 5.54. The number of aliphatic hydroxyl groups is 1. The highest BCUT2D eigenvalue weighted by atomic mass is 16.5. The van der Waals surface area contributed by atoms with Crippen LogP contribution in [0.4, 0.5) is 0 Å². The fourth-order valence-electron chi connectivity index (χ4n) is 2.95. The van der Waals surface area contributed by atoms with Crippen molar-refractivity contribution in [2.24, 2.45) is 0 Å². The molecule has 4 heteroatoms. The monoisotopic (exact) mass is 280 g/mol. The van der Waals surface area contributed by atoms with E-state index in [9.17, 15) is 5.11 Å². The van der Waals surface area contributed by atoms with Crippen LogP contribution in [0.3, 0.4) is 0 Å². The molecule has 0 atom stereocenters. The van der Waals surface area contributed by atoms with E-state index in [1.165, 1.54) is 38.8 Å². The Hall–Kier alpha value is -1.13. The van der Waals surface area contributed by atoms with Crippen LogP contribution in [0, 0.1) is 0 Å². The van der Waals surface area contributed by atoms with Crippen molar-refractivity contribution in [3.63, 3.8) is 0 Å². The third-order valence-electron chi connectivity index (χ3n) is 3.95. The van der Waals surface area contributed by atoms with Gasteiger partial charge in [0.15, 0.2) is 0 Å². The van der Waals surface area contributed by atoms with Gasteiger partial charge in [0.05, 0.1) is 13.7 Å². The van der Waals surface area contributed by atoms with Gasteiger partial charge in [-0.1, -0.05) is 19.9 Å². The topological polar surface area (TPSA) is 45.6 Å². The molecule has 0 radical (unpaired) electrons. The van der Waals surface area contributed by atoms with E-state index >= 15 is 0 Å². The lowest BCUT2D eigenvalue weighted by Crippen LogP contribution is -2.41. The van der Waals surface area contributed by atoms with E-state index in [4.69, 9.17) is 4.74 Å². The predicted octanol–water partition coefficient (Wildman–Crippen LogP) is 2.72. The highest BCUT2D eigenvalue weighted by Crippen LogP contribution is 2.37. The highest BCUT2D eigenvalue weighted by molar-refractivity contribution is 5.08. The lowest BCUT2D eigenvalue weighted by atomic mass is 9.96. The van der Waals surface area contributed by atoms with Gasteiger partial charge in [-0.15, -0.1) is 0 Å². The summed E-state index contributed by atoms with van der Waals surface area (Å²) in [6.45, 7) is 6.83. The first-order valence-electron chi connectivity index (χ1n) is 7.62. The number of hydrogen-bond donors (Lipinski definition) is 1. The molecular formula is C16H28N2O2. The molecule has 4 nitrogen and oxygen atoms in total. The molecule has 2 fully saturated rings. The van der Waals surface area contributed by atoms with Crippen LogP contribution in [0.5, 0.6) is 5.88 Å². The largest absolute Gasteiger partial charge is 0.481 e. The Labute approximate surface area is 122 Å². The van der Waals surface area contributed by atoms with Crippen molar-refractivity contribution in [3.05, 3.63) is 24.4 Å². The fraction of sp³-hybridized carbons (Fsp3) is 0.688. The quantitative estimate of drug-likeness (QED) is 0.905. The molecule has 0 unspecified atom stereocenters. The van der Waals surface area contributed by atoms with Crippen molar-refractivity contribution < 1.29 is 9.84 Å². The Morgan fingerprint density at radius 3 is 2.25 bits per heavy atom. The Morgan fingerprint density at radius 1 is 1.25 bits per heavy atom. The summed E-state index contributed by atoms with van der Waals surface area (Å²) in [5, 5.41) is 9.19. The van der Waals surface area contributed by atoms with Gasteiger partial charge < -0.3 is 9.84 Å². The number of aliphatic hydroxyl groups excluding tert-OH is 1.